The number of ketones is 1. The molecule has 0 unspecified atom stereocenters. The molecule has 0 fully saturated rings. The second-order valence-electron chi connectivity index (χ2n) is 6.35. The van der Waals surface area contributed by atoms with E-state index in [1.54, 1.807) is 26.2 Å². The van der Waals surface area contributed by atoms with Gasteiger partial charge in [-0.3, -0.25) is 4.79 Å². The molecule has 1 aliphatic carbocycles. The third-order valence-corrected chi connectivity index (χ3v) is 4.55. The molecule has 0 saturated carbocycles. The third-order valence-electron chi connectivity index (χ3n) is 4.55. The number of carbonyl (C=O) groups is 2. The molecule has 5 nitrogen and oxygen atoms in total. The van der Waals surface area contributed by atoms with Crippen LogP contribution in [0.5, 0.6) is 5.75 Å². The number of esters is 1. The first kappa shape index (κ1) is 20.5. The quantitative estimate of drug-likeness (QED) is 0.542. The lowest BCUT2D eigenvalue weighted by molar-refractivity contribution is -0.137. The molecule has 5 heteroatoms. The van der Waals surface area contributed by atoms with Gasteiger partial charge in [0.25, 0.3) is 0 Å². The summed E-state index contributed by atoms with van der Waals surface area (Å²) in [7, 11) is 1.62. The Kier molecular flexibility index (Phi) is 7.41. The van der Waals surface area contributed by atoms with Gasteiger partial charge in [0.2, 0.25) is 0 Å². The van der Waals surface area contributed by atoms with Crippen LogP contribution in [-0.4, -0.2) is 30.6 Å². The van der Waals surface area contributed by atoms with Gasteiger partial charge < -0.3 is 14.6 Å². The maximum Gasteiger partial charge on any atom is 0.330 e. The number of benzene rings is 1. The maximum absolute atomic E-state index is 11.8. The molecule has 2 rings (SSSR count). The zero-order valence-electron chi connectivity index (χ0n) is 16.0. The fourth-order valence-corrected chi connectivity index (χ4v) is 3.15. The van der Waals surface area contributed by atoms with Crippen LogP contribution in [0.15, 0.2) is 59.4 Å². The lowest BCUT2D eigenvalue weighted by Gasteiger charge is -2.24. The molecule has 0 radical (unpaired) electrons. The van der Waals surface area contributed by atoms with Gasteiger partial charge >= 0.3 is 5.97 Å². The maximum atomic E-state index is 11.8. The molecule has 1 aromatic rings. The van der Waals surface area contributed by atoms with Crippen LogP contribution in [0.25, 0.3) is 0 Å². The number of carbonyl (C=O) groups excluding carboxylic acids is 2. The topological polar surface area (TPSA) is 72.8 Å². The van der Waals surface area contributed by atoms with E-state index >= 15 is 0 Å². The number of hydrogen-bond acceptors (Lipinski definition) is 5. The molecule has 0 amide bonds. The van der Waals surface area contributed by atoms with Crippen molar-refractivity contribution in [3.05, 3.63) is 65.0 Å². The summed E-state index contributed by atoms with van der Waals surface area (Å²) in [5, 5.41) is 10.0. The number of hydrogen-bond donors (Lipinski definition) is 1. The second kappa shape index (κ2) is 9.76. The van der Waals surface area contributed by atoms with E-state index in [2.05, 4.69) is 0 Å². The first-order valence-corrected chi connectivity index (χ1v) is 9.07. The Morgan fingerprint density at radius 1 is 1.22 bits per heavy atom. The normalized spacial score (nSPS) is 15.4. The van der Waals surface area contributed by atoms with Crippen LogP contribution < -0.4 is 4.74 Å². The summed E-state index contributed by atoms with van der Waals surface area (Å²) >= 11 is 0. The number of methoxy groups -OCH3 is 1. The van der Waals surface area contributed by atoms with Crippen molar-refractivity contribution in [2.45, 2.75) is 39.0 Å². The van der Waals surface area contributed by atoms with Gasteiger partial charge in [0.1, 0.15) is 11.5 Å². The van der Waals surface area contributed by atoms with Gasteiger partial charge in [-0.25, -0.2) is 4.79 Å². The molecule has 0 bridgehead atoms. The van der Waals surface area contributed by atoms with E-state index in [0.29, 0.717) is 31.4 Å². The van der Waals surface area contributed by atoms with Gasteiger partial charge in [0.05, 0.1) is 19.3 Å². The smallest absolute Gasteiger partial charge is 0.330 e. The molecule has 1 aromatic carbocycles. The molecule has 1 atom stereocenters. The summed E-state index contributed by atoms with van der Waals surface area (Å²) in [5.74, 6) is 0.371. The highest BCUT2D eigenvalue weighted by Gasteiger charge is 2.22. The van der Waals surface area contributed by atoms with Gasteiger partial charge in [0, 0.05) is 18.4 Å². The van der Waals surface area contributed by atoms with Crippen molar-refractivity contribution in [3.63, 3.8) is 0 Å². The molecule has 27 heavy (non-hydrogen) atoms. The predicted molar refractivity (Wildman–Crippen MR) is 104 cm³/mol. The Morgan fingerprint density at radius 3 is 2.52 bits per heavy atom. The van der Waals surface area contributed by atoms with Crippen molar-refractivity contribution in [3.8, 4) is 5.75 Å². The molecule has 1 N–H and O–H groups in total. The second-order valence-corrected chi connectivity index (χ2v) is 6.35. The Morgan fingerprint density at radius 2 is 1.93 bits per heavy atom. The number of aliphatic hydroxyl groups excluding tert-OH is 1. The molecule has 0 heterocycles. The van der Waals surface area contributed by atoms with Crippen molar-refractivity contribution >= 4 is 11.8 Å². The molecule has 0 saturated heterocycles. The van der Waals surface area contributed by atoms with Gasteiger partial charge in [-0.1, -0.05) is 23.8 Å². The number of Topliss-reactive ketones (excluding diaryl/α,β-unsaturated/α-hetero) is 1. The summed E-state index contributed by atoms with van der Waals surface area (Å²) in [4.78, 5) is 23.4. The van der Waals surface area contributed by atoms with Crippen molar-refractivity contribution < 1.29 is 24.2 Å². The highest BCUT2D eigenvalue weighted by molar-refractivity contribution is 5.97. The number of ether oxygens (including phenoxy) is 2. The minimum Gasteiger partial charge on any atom is -0.512 e. The minimum absolute atomic E-state index is 0.0102. The molecule has 1 aliphatic rings. The predicted octanol–water partition coefficient (Wildman–Crippen LogP) is 4.41. The van der Waals surface area contributed by atoms with Crippen molar-refractivity contribution in [1.82, 2.24) is 0 Å². The Hall–Kier alpha value is -2.82. The molecular formula is C22H26O5. The third kappa shape index (κ3) is 5.58. The summed E-state index contributed by atoms with van der Waals surface area (Å²) in [6, 6.07) is 7.74. The van der Waals surface area contributed by atoms with Crippen LogP contribution in [0, 0.1) is 0 Å². The molecule has 0 spiro atoms. The van der Waals surface area contributed by atoms with Crippen molar-refractivity contribution in [1.29, 1.82) is 0 Å². The van der Waals surface area contributed by atoms with E-state index in [4.69, 9.17) is 9.47 Å². The van der Waals surface area contributed by atoms with Gasteiger partial charge in [-0.05, 0) is 50.5 Å². The van der Waals surface area contributed by atoms with Crippen LogP contribution in [0.4, 0.5) is 0 Å². The van der Waals surface area contributed by atoms with Crippen LogP contribution in [0.1, 0.15) is 44.6 Å². The van der Waals surface area contributed by atoms with Gasteiger partial charge in [0.15, 0.2) is 5.78 Å². The van der Waals surface area contributed by atoms with E-state index < -0.39 is 0 Å². The van der Waals surface area contributed by atoms with E-state index in [-0.39, 0.29) is 23.4 Å². The van der Waals surface area contributed by atoms with E-state index in [0.717, 1.165) is 16.9 Å². The summed E-state index contributed by atoms with van der Waals surface area (Å²) in [6.07, 6.45) is 6.70. The van der Waals surface area contributed by atoms with E-state index in [9.17, 15) is 14.7 Å². The van der Waals surface area contributed by atoms with E-state index in [1.807, 2.05) is 24.3 Å². The number of aliphatic hydroxyl groups is 1. The van der Waals surface area contributed by atoms with Crippen LogP contribution >= 0.6 is 0 Å². The molecule has 144 valence electrons. The molecule has 0 aliphatic heterocycles. The van der Waals surface area contributed by atoms with E-state index in [1.165, 1.54) is 13.0 Å². The van der Waals surface area contributed by atoms with Gasteiger partial charge in [-0.15, -0.1) is 0 Å². The van der Waals surface area contributed by atoms with Crippen LogP contribution in [0.3, 0.4) is 0 Å². The van der Waals surface area contributed by atoms with Crippen molar-refractivity contribution in [2.75, 3.05) is 13.7 Å². The van der Waals surface area contributed by atoms with Crippen LogP contribution in [0.2, 0.25) is 0 Å². The lowest BCUT2D eigenvalue weighted by atomic mass is 9.81. The first-order chi connectivity index (χ1) is 13.0. The number of allylic oxidation sites excluding steroid dienone is 5. The molecule has 0 aromatic heterocycles. The van der Waals surface area contributed by atoms with Gasteiger partial charge in [-0.2, -0.15) is 0 Å². The Bertz CT molecular complexity index is 768. The largest absolute Gasteiger partial charge is 0.512 e. The number of rotatable bonds is 8. The SMILES string of the molecule is CCOC(=O)/C=C/C[C@@H](C1=CC(C(C)=O)=C(O)CC1)c1ccc(OC)cc1. The summed E-state index contributed by atoms with van der Waals surface area (Å²) < 4.78 is 10.1. The van der Waals surface area contributed by atoms with Crippen molar-refractivity contribution in [2.24, 2.45) is 0 Å². The monoisotopic (exact) mass is 370 g/mol. The Labute approximate surface area is 160 Å². The fraction of sp³-hybridized carbons (Fsp3) is 0.364. The first-order valence-electron chi connectivity index (χ1n) is 9.07. The summed E-state index contributed by atoms with van der Waals surface area (Å²) in [6.45, 7) is 3.55. The average Bonchev–Trinajstić information content (AvgIpc) is 2.66. The van der Waals surface area contributed by atoms with Crippen LogP contribution in [-0.2, 0) is 14.3 Å². The zero-order chi connectivity index (χ0) is 19.8. The molecular weight excluding hydrogens is 344 g/mol. The lowest BCUT2D eigenvalue weighted by Crippen LogP contribution is -2.11. The zero-order valence-corrected chi connectivity index (χ0v) is 16.0. The standard InChI is InChI=1S/C22H26O5/c1-4-27-22(25)7-5-6-19(16-8-11-18(26-3)12-9-16)17-10-13-21(24)20(14-17)15(2)23/h5,7-9,11-12,14,19,24H,4,6,10,13H2,1-3H3/b7-5+/t19-/m1/s1. The Balaban J connectivity index is 2.32. The highest BCUT2D eigenvalue weighted by Crippen LogP contribution is 2.36. The highest BCUT2D eigenvalue weighted by atomic mass is 16.5. The summed E-state index contributed by atoms with van der Waals surface area (Å²) in [5.41, 5.74) is 2.47. The fourth-order valence-electron chi connectivity index (χ4n) is 3.15. The minimum atomic E-state index is -0.370. The average molecular weight is 370 g/mol.